The Labute approximate surface area is 124 Å². The number of nitrogens with one attached hydrogen (secondary N) is 1. The Morgan fingerprint density at radius 3 is 2.55 bits per heavy atom. The molecule has 1 aliphatic carbocycles. The number of rotatable bonds is 3. The molecule has 0 aliphatic heterocycles. The molecule has 1 aromatic rings. The molecule has 7 heteroatoms. The Balaban J connectivity index is 2.09. The van der Waals surface area contributed by atoms with Gasteiger partial charge in [0.2, 0.25) is 0 Å². The smallest absolute Gasteiger partial charge is 0.310 e. The van der Waals surface area contributed by atoms with Crippen LogP contribution in [0.3, 0.4) is 0 Å². The lowest BCUT2D eigenvalue weighted by Crippen LogP contribution is -2.33. The number of carbonyl (C=O) groups excluding carboxylic acids is 1. The van der Waals surface area contributed by atoms with Gasteiger partial charge in [0.05, 0.1) is 21.5 Å². The predicted molar refractivity (Wildman–Crippen MR) is 72.6 cm³/mol. The standard InChI is InChI=1S/C13H10Cl2FNO3/c14-9-5-10(15)11(16)4-8(9)12(18)17-7-2-1-6(3-7)13(19)20/h1-2,4-7H,3H2,(H,17,18)(H,19,20). The maximum Gasteiger partial charge on any atom is 0.310 e. The number of carbonyl (C=O) groups is 2. The number of benzene rings is 1. The van der Waals surface area contributed by atoms with E-state index in [1.807, 2.05) is 0 Å². The molecule has 0 saturated heterocycles. The van der Waals surface area contributed by atoms with Gasteiger partial charge in [0.1, 0.15) is 5.82 Å². The van der Waals surface area contributed by atoms with Crippen molar-refractivity contribution in [2.24, 2.45) is 5.92 Å². The van der Waals surface area contributed by atoms with Crippen molar-refractivity contribution in [1.29, 1.82) is 0 Å². The summed E-state index contributed by atoms with van der Waals surface area (Å²) >= 11 is 11.4. The number of amides is 1. The van der Waals surface area contributed by atoms with E-state index in [9.17, 15) is 14.0 Å². The van der Waals surface area contributed by atoms with Crippen molar-refractivity contribution >= 4 is 35.1 Å². The first-order valence-corrected chi connectivity index (χ1v) is 6.50. The van der Waals surface area contributed by atoms with Crippen molar-refractivity contribution in [3.05, 3.63) is 45.7 Å². The molecular formula is C13H10Cl2FNO3. The molecule has 0 radical (unpaired) electrons. The number of hydrogen-bond donors (Lipinski definition) is 2. The highest BCUT2D eigenvalue weighted by molar-refractivity contribution is 6.36. The van der Waals surface area contributed by atoms with Gasteiger partial charge in [-0.2, -0.15) is 0 Å². The summed E-state index contributed by atoms with van der Waals surface area (Å²) in [6.45, 7) is 0. The normalized spacial score (nSPS) is 20.9. The Morgan fingerprint density at radius 1 is 1.25 bits per heavy atom. The van der Waals surface area contributed by atoms with E-state index in [4.69, 9.17) is 28.3 Å². The second-order valence-electron chi connectivity index (χ2n) is 4.39. The maximum absolute atomic E-state index is 13.3. The minimum atomic E-state index is -0.950. The molecular weight excluding hydrogens is 308 g/mol. The van der Waals surface area contributed by atoms with Gasteiger partial charge in [-0.25, -0.2) is 4.39 Å². The second-order valence-corrected chi connectivity index (χ2v) is 5.21. The van der Waals surface area contributed by atoms with Crippen LogP contribution in [0.2, 0.25) is 10.0 Å². The van der Waals surface area contributed by atoms with E-state index in [-0.39, 0.29) is 22.0 Å². The van der Waals surface area contributed by atoms with Crippen LogP contribution in [0.25, 0.3) is 0 Å². The number of aliphatic carboxylic acids is 1. The predicted octanol–water partition coefficient (Wildman–Crippen LogP) is 2.89. The van der Waals surface area contributed by atoms with Gasteiger partial charge in [-0.3, -0.25) is 9.59 Å². The van der Waals surface area contributed by atoms with Crippen molar-refractivity contribution in [1.82, 2.24) is 5.32 Å². The molecule has 2 atom stereocenters. The topological polar surface area (TPSA) is 66.4 Å². The number of carboxylic acids is 1. The molecule has 1 aliphatic rings. The zero-order valence-electron chi connectivity index (χ0n) is 10.1. The summed E-state index contributed by atoms with van der Waals surface area (Å²) in [6, 6.07) is 1.68. The summed E-state index contributed by atoms with van der Waals surface area (Å²) in [5.74, 6) is -2.90. The second kappa shape index (κ2) is 5.81. The first-order chi connectivity index (χ1) is 9.38. The van der Waals surface area contributed by atoms with E-state index in [1.54, 1.807) is 6.08 Å². The van der Waals surface area contributed by atoms with E-state index in [0.717, 1.165) is 12.1 Å². The summed E-state index contributed by atoms with van der Waals surface area (Å²) in [7, 11) is 0. The molecule has 20 heavy (non-hydrogen) atoms. The molecule has 0 spiro atoms. The first kappa shape index (κ1) is 14.8. The van der Waals surface area contributed by atoms with Crippen LogP contribution in [0.15, 0.2) is 24.3 Å². The van der Waals surface area contributed by atoms with Crippen molar-refractivity contribution in [3.63, 3.8) is 0 Å². The molecule has 4 nitrogen and oxygen atoms in total. The molecule has 106 valence electrons. The van der Waals surface area contributed by atoms with E-state index in [2.05, 4.69) is 5.32 Å². The van der Waals surface area contributed by atoms with Gasteiger partial charge < -0.3 is 10.4 Å². The van der Waals surface area contributed by atoms with Crippen LogP contribution in [0, 0.1) is 11.7 Å². The third kappa shape index (κ3) is 3.11. The van der Waals surface area contributed by atoms with Gasteiger partial charge in [-0.1, -0.05) is 35.4 Å². The summed E-state index contributed by atoms with van der Waals surface area (Å²) in [4.78, 5) is 22.8. The summed E-state index contributed by atoms with van der Waals surface area (Å²) in [5.41, 5.74) is -0.0410. The molecule has 1 amide bonds. The zero-order valence-corrected chi connectivity index (χ0v) is 11.6. The highest BCUT2D eigenvalue weighted by Gasteiger charge is 2.26. The van der Waals surface area contributed by atoms with Crippen LogP contribution in [-0.2, 0) is 4.79 Å². The molecule has 0 bridgehead atoms. The number of halogens is 3. The van der Waals surface area contributed by atoms with Gasteiger partial charge in [-0.15, -0.1) is 0 Å². The highest BCUT2D eigenvalue weighted by atomic mass is 35.5. The third-order valence-electron chi connectivity index (χ3n) is 2.97. The number of carboxylic acid groups (broad SMARTS) is 1. The fraction of sp³-hybridized carbons (Fsp3) is 0.231. The van der Waals surface area contributed by atoms with E-state index in [1.165, 1.54) is 6.08 Å². The lowest BCUT2D eigenvalue weighted by Gasteiger charge is -2.13. The molecule has 1 aromatic carbocycles. The molecule has 2 rings (SSSR count). The largest absolute Gasteiger partial charge is 0.481 e. The average Bonchev–Trinajstić information content (AvgIpc) is 2.82. The summed E-state index contributed by atoms with van der Waals surface area (Å²) < 4.78 is 13.3. The van der Waals surface area contributed by atoms with Gasteiger partial charge >= 0.3 is 5.97 Å². The van der Waals surface area contributed by atoms with E-state index >= 15 is 0 Å². The molecule has 0 fully saturated rings. The fourth-order valence-electron chi connectivity index (χ4n) is 1.93. The average molecular weight is 318 g/mol. The zero-order chi connectivity index (χ0) is 14.9. The quantitative estimate of drug-likeness (QED) is 0.665. The van der Waals surface area contributed by atoms with Crippen LogP contribution < -0.4 is 5.32 Å². The molecule has 0 aromatic heterocycles. The minimum Gasteiger partial charge on any atom is -0.481 e. The van der Waals surface area contributed by atoms with Crippen molar-refractivity contribution < 1.29 is 19.1 Å². The van der Waals surface area contributed by atoms with Gasteiger partial charge in [0.15, 0.2) is 0 Å². The van der Waals surface area contributed by atoms with Crippen LogP contribution in [0.5, 0.6) is 0 Å². The fourth-order valence-corrected chi connectivity index (χ4v) is 2.40. The number of hydrogen-bond acceptors (Lipinski definition) is 2. The lowest BCUT2D eigenvalue weighted by molar-refractivity contribution is -0.140. The lowest BCUT2D eigenvalue weighted by atomic mass is 10.1. The Bertz CT molecular complexity index is 604. The van der Waals surface area contributed by atoms with Crippen molar-refractivity contribution in [2.45, 2.75) is 12.5 Å². The molecule has 2 N–H and O–H groups in total. The Hall–Kier alpha value is -1.59. The van der Waals surface area contributed by atoms with Crippen LogP contribution in [-0.4, -0.2) is 23.0 Å². The van der Waals surface area contributed by atoms with E-state index < -0.39 is 29.7 Å². The van der Waals surface area contributed by atoms with Crippen LogP contribution in [0.1, 0.15) is 16.8 Å². The first-order valence-electron chi connectivity index (χ1n) is 5.75. The van der Waals surface area contributed by atoms with Gasteiger partial charge in [0.25, 0.3) is 5.91 Å². The maximum atomic E-state index is 13.3. The van der Waals surface area contributed by atoms with Crippen LogP contribution in [0.4, 0.5) is 4.39 Å². The highest BCUT2D eigenvalue weighted by Crippen LogP contribution is 2.25. The van der Waals surface area contributed by atoms with Crippen LogP contribution >= 0.6 is 23.2 Å². The SMILES string of the molecule is O=C(NC1C=CC(C(=O)O)C1)c1cc(F)c(Cl)cc1Cl. The van der Waals surface area contributed by atoms with Crippen molar-refractivity contribution in [2.75, 3.05) is 0 Å². The Kier molecular flexibility index (Phi) is 4.30. The molecule has 0 saturated carbocycles. The molecule has 0 heterocycles. The van der Waals surface area contributed by atoms with Crippen molar-refractivity contribution in [3.8, 4) is 0 Å². The summed E-state index contributed by atoms with van der Waals surface area (Å²) in [5, 5.41) is 11.3. The minimum absolute atomic E-state index is 0.0330. The van der Waals surface area contributed by atoms with Gasteiger partial charge in [0, 0.05) is 6.04 Å². The van der Waals surface area contributed by atoms with Gasteiger partial charge in [-0.05, 0) is 18.6 Å². The molecule has 2 unspecified atom stereocenters. The monoisotopic (exact) mass is 317 g/mol. The van der Waals surface area contributed by atoms with E-state index in [0.29, 0.717) is 0 Å². The summed E-state index contributed by atoms with van der Waals surface area (Å²) in [6.07, 6.45) is 3.36. The third-order valence-corrected chi connectivity index (χ3v) is 3.57. The Morgan fingerprint density at radius 2 is 1.95 bits per heavy atom.